The Balaban J connectivity index is 2.41. The van der Waals surface area contributed by atoms with Gasteiger partial charge in [0.25, 0.3) is 5.91 Å². The molecule has 11 heteroatoms. The van der Waals surface area contributed by atoms with Gasteiger partial charge in [-0.25, -0.2) is 0 Å². The molecule has 9 nitrogen and oxygen atoms in total. The smallest absolute Gasteiger partial charge is 0.258 e. The van der Waals surface area contributed by atoms with E-state index in [-0.39, 0.29) is 22.9 Å². The second kappa shape index (κ2) is 12.3. The number of anilines is 1. The number of ether oxygens (including phenoxy) is 4. The van der Waals surface area contributed by atoms with Gasteiger partial charge in [0.1, 0.15) is 0 Å². The SMILES string of the molecule is CCOc1cc(Cl)cc(OCC)c1N=NC(C(C)=O)C(=O)Nc1ccc(Cl)c(OC)c1OC. The normalized spacial score (nSPS) is 11.7. The summed E-state index contributed by atoms with van der Waals surface area (Å²) in [6.07, 6.45) is 0. The number of halogens is 2. The number of nitrogens with one attached hydrogen (secondary N) is 1. The number of azo groups is 1. The first kappa shape index (κ1) is 26.2. The molecular formula is C22H25Cl2N3O6. The molecule has 1 unspecified atom stereocenters. The average Bonchev–Trinajstić information content (AvgIpc) is 2.76. The lowest BCUT2D eigenvalue weighted by molar-refractivity contribution is -0.126. The molecule has 0 aliphatic rings. The van der Waals surface area contributed by atoms with Gasteiger partial charge in [0, 0.05) is 17.2 Å². The van der Waals surface area contributed by atoms with Crippen molar-refractivity contribution in [3.8, 4) is 23.0 Å². The fraction of sp³-hybridized carbons (Fsp3) is 0.364. The Labute approximate surface area is 202 Å². The number of hydrogen-bond donors (Lipinski definition) is 1. The second-order valence-corrected chi connectivity index (χ2v) is 7.34. The molecule has 2 aromatic carbocycles. The molecule has 0 bridgehead atoms. The third-order valence-corrected chi connectivity index (χ3v) is 4.76. The highest BCUT2D eigenvalue weighted by Gasteiger charge is 2.26. The van der Waals surface area contributed by atoms with E-state index in [2.05, 4.69) is 15.5 Å². The van der Waals surface area contributed by atoms with Gasteiger partial charge in [0.05, 0.1) is 38.1 Å². The fourth-order valence-corrected chi connectivity index (χ4v) is 3.27. The molecule has 0 aromatic heterocycles. The lowest BCUT2D eigenvalue weighted by Gasteiger charge is -2.16. The molecule has 33 heavy (non-hydrogen) atoms. The van der Waals surface area contributed by atoms with Crippen LogP contribution < -0.4 is 24.3 Å². The minimum Gasteiger partial charge on any atom is -0.491 e. The van der Waals surface area contributed by atoms with Gasteiger partial charge in [0.2, 0.25) is 6.04 Å². The molecule has 0 saturated heterocycles. The zero-order chi connectivity index (χ0) is 24.5. The zero-order valence-electron chi connectivity index (χ0n) is 18.9. The van der Waals surface area contributed by atoms with E-state index in [1.54, 1.807) is 26.0 Å². The number of nitrogens with zero attached hydrogens (tertiary/aromatic N) is 2. The monoisotopic (exact) mass is 497 g/mol. The lowest BCUT2D eigenvalue weighted by atomic mass is 10.2. The maximum Gasteiger partial charge on any atom is 0.258 e. The van der Waals surface area contributed by atoms with E-state index in [0.29, 0.717) is 34.8 Å². The molecule has 0 radical (unpaired) electrons. The van der Waals surface area contributed by atoms with Crippen LogP contribution in [0.4, 0.5) is 11.4 Å². The maximum atomic E-state index is 12.9. The summed E-state index contributed by atoms with van der Waals surface area (Å²) in [6, 6.07) is 4.70. The van der Waals surface area contributed by atoms with Crippen molar-refractivity contribution in [2.75, 3.05) is 32.8 Å². The van der Waals surface area contributed by atoms with Crippen LogP contribution in [0.25, 0.3) is 0 Å². The topological polar surface area (TPSA) is 108 Å². The molecule has 178 valence electrons. The van der Waals surface area contributed by atoms with E-state index >= 15 is 0 Å². The number of methoxy groups -OCH3 is 2. The van der Waals surface area contributed by atoms with Crippen molar-refractivity contribution in [1.29, 1.82) is 0 Å². The van der Waals surface area contributed by atoms with Crippen molar-refractivity contribution >= 4 is 46.3 Å². The number of hydrogen-bond acceptors (Lipinski definition) is 8. The van der Waals surface area contributed by atoms with Gasteiger partial charge in [-0.1, -0.05) is 23.2 Å². The molecule has 0 aliphatic heterocycles. The third kappa shape index (κ3) is 6.49. The quantitative estimate of drug-likeness (QED) is 0.324. The van der Waals surface area contributed by atoms with Crippen molar-refractivity contribution in [2.24, 2.45) is 10.2 Å². The lowest BCUT2D eigenvalue weighted by Crippen LogP contribution is -2.32. The Morgan fingerprint density at radius 2 is 1.58 bits per heavy atom. The average molecular weight is 498 g/mol. The summed E-state index contributed by atoms with van der Waals surface area (Å²) >= 11 is 12.2. The van der Waals surface area contributed by atoms with Crippen molar-refractivity contribution in [3.63, 3.8) is 0 Å². The number of benzene rings is 2. The van der Waals surface area contributed by atoms with Crippen LogP contribution in [0.3, 0.4) is 0 Å². The van der Waals surface area contributed by atoms with Crippen LogP contribution in [0.15, 0.2) is 34.5 Å². The summed E-state index contributed by atoms with van der Waals surface area (Å²) in [6.45, 7) is 5.49. The molecular weight excluding hydrogens is 473 g/mol. The van der Waals surface area contributed by atoms with Crippen LogP contribution in [0.5, 0.6) is 23.0 Å². The Kier molecular flexibility index (Phi) is 9.74. The maximum absolute atomic E-state index is 12.9. The van der Waals surface area contributed by atoms with E-state index < -0.39 is 17.7 Å². The van der Waals surface area contributed by atoms with Gasteiger partial charge in [-0.05, 0) is 32.9 Å². The summed E-state index contributed by atoms with van der Waals surface area (Å²) in [5, 5.41) is 11.4. The van der Waals surface area contributed by atoms with Crippen LogP contribution in [0.1, 0.15) is 20.8 Å². The Morgan fingerprint density at radius 1 is 1.00 bits per heavy atom. The predicted molar refractivity (Wildman–Crippen MR) is 126 cm³/mol. The first-order valence-corrected chi connectivity index (χ1v) is 10.7. The summed E-state index contributed by atoms with van der Waals surface area (Å²) < 4.78 is 21.7. The number of carbonyl (C=O) groups excluding carboxylic acids is 2. The van der Waals surface area contributed by atoms with Crippen molar-refractivity contribution in [2.45, 2.75) is 26.8 Å². The van der Waals surface area contributed by atoms with Crippen LogP contribution in [0, 0.1) is 0 Å². The molecule has 0 saturated carbocycles. The highest BCUT2D eigenvalue weighted by Crippen LogP contribution is 2.42. The summed E-state index contributed by atoms with van der Waals surface area (Å²) in [7, 11) is 2.82. The standard InChI is InChI=1S/C22H25Cl2N3O6/c1-6-32-16-10-13(23)11-17(33-7-2)19(16)27-26-18(12(3)28)22(29)25-15-9-8-14(24)20(30-4)21(15)31-5/h8-11,18H,6-7H2,1-5H3,(H,25,29). The molecule has 2 aromatic rings. The molecule has 2 rings (SSSR count). The molecule has 0 aliphatic carbocycles. The van der Waals surface area contributed by atoms with Gasteiger partial charge in [-0.15, -0.1) is 5.11 Å². The van der Waals surface area contributed by atoms with Crippen molar-refractivity contribution < 1.29 is 28.5 Å². The number of carbonyl (C=O) groups is 2. The third-order valence-electron chi connectivity index (χ3n) is 4.24. The van der Waals surface area contributed by atoms with Gasteiger partial charge < -0.3 is 24.3 Å². The number of amides is 1. The highest BCUT2D eigenvalue weighted by atomic mass is 35.5. The Morgan fingerprint density at radius 3 is 2.06 bits per heavy atom. The van der Waals surface area contributed by atoms with Gasteiger partial charge in [0.15, 0.2) is 34.5 Å². The van der Waals surface area contributed by atoms with Crippen molar-refractivity contribution in [1.82, 2.24) is 0 Å². The molecule has 1 amide bonds. The number of Topliss-reactive ketones (excluding diaryl/α,β-unsaturated/α-hetero) is 1. The highest BCUT2D eigenvalue weighted by molar-refractivity contribution is 6.32. The summed E-state index contributed by atoms with van der Waals surface area (Å²) in [5.41, 5.74) is 0.467. The molecule has 0 heterocycles. The Hall–Kier alpha value is -3.04. The minimum atomic E-state index is -1.45. The fourth-order valence-electron chi connectivity index (χ4n) is 2.84. The second-order valence-electron chi connectivity index (χ2n) is 6.50. The number of ketones is 1. The van der Waals surface area contributed by atoms with E-state index in [9.17, 15) is 9.59 Å². The van der Waals surface area contributed by atoms with Crippen LogP contribution in [0.2, 0.25) is 10.0 Å². The molecule has 0 fully saturated rings. The van der Waals surface area contributed by atoms with Gasteiger partial charge in [-0.2, -0.15) is 5.11 Å². The summed E-state index contributed by atoms with van der Waals surface area (Å²) in [5.74, 6) is -0.192. The van der Waals surface area contributed by atoms with Crippen LogP contribution >= 0.6 is 23.2 Å². The Bertz CT molecular complexity index is 1020. The number of rotatable bonds is 11. The van der Waals surface area contributed by atoms with Gasteiger partial charge in [-0.3, -0.25) is 9.59 Å². The zero-order valence-corrected chi connectivity index (χ0v) is 20.4. The van der Waals surface area contributed by atoms with Crippen molar-refractivity contribution in [3.05, 3.63) is 34.3 Å². The van der Waals surface area contributed by atoms with E-state index in [4.69, 9.17) is 42.1 Å². The summed E-state index contributed by atoms with van der Waals surface area (Å²) in [4.78, 5) is 25.1. The molecule has 0 spiro atoms. The molecule has 1 atom stereocenters. The van der Waals surface area contributed by atoms with Gasteiger partial charge >= 0.3 is 0 Å². The molecule has 1 N–H and O–H groups in total. The minimum absolute atomic E-state index is 0.201. The predicted octanol–water partition coefficient (Wildman–Crippen LogP) is 5.49. The first-order chi connectivity index (χ1) is 15.8. The van der Waals surface area contributed by atoms with E-state index in [1.165, 1.54) is 33.3 Å². The van der Waals surface area contributed by atoms with Crippen LogP contribution in [-0.4, -0.2) is 45.2 Å². The van der Waals surface area contributed by atoms with Crippen LogP contribution in [-0.2, 0) is 9.59 Å². The first-order valence-electron chi connectivity index (χ1n) is 9.99. The van der Waals surface area contributed by atoms with E-state index in [1.807, 2.05) is 0 Å². The largest absolute Gasteiger partial charge is 0.491 e. The van der Waals surface area contributed by atoms with E-state index in [0.717, 1.165) is 0 Å².